The number of aliphatic hydroxyl groups is 1. The molecule has 4 heteroatoms. The average molecular weight is 399 g/mol. The molecule has 3 rings (SSSR count). The van der Waals surface area contributed by atoms with Crippen LogP contribution in [0.2, 0.25) is 0 Å². The number of aliphatic hydroxyl groups excluding tert-OH is 1. The molecule has 29 heavy (non-hydrogen) atoms. The molecule has 2 fully saturated rings. The molecule has 2 unspecified atom stereocenters. The zero-order chi connectivity index (χ0) is 20.5. The summed E-state index contributed by atoms with van der Waals surface area (Å²) in [7, 11) is 0. The van der Waals surface area contributed by atoms with Gasteiger partial charge in [0.2, 0.25) is 0 Å². The van der Waals surface area contributed by atoms with Gasteiger partial charge in [0.25, 0.3) is 5.91 Å². The van der Waals surface area contributed by atoms with Gasteiger partial charge in [0, 0.05) is 12.1 Å². The number of carbonyl (C=O) groups is 1. The van der Waals surface area contributed by atoms with E-state index < -0.39 is 0 Å². The Bertz CT molecular complexity index is 637. The summed E-state index contributed by atoms with van der Waals surface area (Å²) in [5.74, 6) is 2.26. The number of amides is 1. The highest BCUT2D eigenvalue weighted by atomic mass is 16.3. The van der Waals surface area contributed by atoms with E-state index in [0.717, 1.165) is 30.4 Å². The van der Waals surface area contributed by atoms with E-state index in [1.54, 1.807) is 6.21 Å². The number of benzene rings is 1. The average Bonchev–Trinajstić information content (AvgIpc) is 2.77. The molecule has 160 valence electrons. The largest absolute Gasteiger partial charge is 0.396 e. The molecule has 1 heterocycles. The van der Waals surface area contributed by atoms with Crippen molar-refractivity contribution in [1.82, 2.24) is 5.32 Å². The number of carbonyl (C=O) groups excluding carboxylic acids is 1. The highest BCUT2D eigenvalue weighted by Gasteiger charge is 2.27. The van der Waals surface area contributed by atoms with E-state index in [4.69, 9.17) is 0 Å². The maximum atomic E-state index is 12.6. The Morgan fingerprint density at radius 2 is 1.86 bits per heavy atom. The van der Waals surface area contributed by atoms with Crippen LogP contribution in [-0.4, -0.2) is 36.4 Å². The van der Waals surface area contributed by atoms with E-state index in [2.05, 4.69) is 17.2 Å². The molecule has 0 bridgehead atoms. The van der Waals surface area contributed by atoms with E-state index >= 15 is 0 Å². The number of aliphatic imine (C=N–C) groups is 1. The molecule has 1 aliphatic heterocycles. The maximum Gasteiger partial charge on any atom is 0.262 e. The molecule has 1 saturated carbocycles. The standard InChI is InChI=1S/C25H38N2O2/c1-19-7-9-20(10-8-19)11-12-22-13-14-26-24(16-22)25(29)27-17-23(18-28)15-21-5-3-2-4-6-21/h2-6,17,19-20,22-24,26,28H,7-16,18H2,1H3/t19?,20?,22-,23?,24?/m0/s1. The fraction of sp³-hybridized carbons (Fsp3) is 0.680. The summed E-state index contributed by atoms with van der Waals surface area (Å²) < 4.78 is 0. The van der Waals surface area contributed by atoms with E-state index in [9.17, 15) is 9.90 Å². The van der Waals surface area contributed by atoms with Crippen LogP contribution < -0.4 is 5.32 Å². The predicted molar refractivity (Wildman–Crippen MR) is 119 cm³/mol. The summed E-state index contributed by atoms with van der Waals surface area (Å²) in [6, 6.07) is 9.89. The Morgan fingerprint density at radius 3 is 2.59 bits per heavy atom. The van der Waals surface area contributed by atoms with Crippen molar-refractivity contribution in [3.05, 3.63) is 35.9 Å². The van der Waals surface area contributed by atoms with Crippen molar-refractivity contribution >= 4 is 12.1 Å². The predicted octanol–water partition coefficient (Wildman–Crippen LogP) is 4.41. The van der Waals surface area contributed by atoms with Gasteiger partial charge in [-0.25, -0.2) is 4.99 Å². The summed E-state index contributed by atoms with van der Waals surface area (Å²) in [4.78, 5) is 16.8. The number of hydrogen-bond acceptors (Lipinski definition) is 3. The van der Waals surface area contributed by atoms with Gasteiger partial charge in [-0.15, -0.1) is 0 Å². The van der Waals surface area contributed by atoms with Crippen LogP contribution in [0.4, 0.5) is 0 Å². The Kier molecular flexibility index (Phi) is 8.88. The van der Waals surface area contributed by atoms with Gasteiger partial charge in [-0.1, -0.05) is 75.8 Å². The van der Waals surface area contributed by atoms with Gasteiger partial charge in [-0.3, -0.25) is 4.79 Å². The minimum Gasteiger partial charge on any atom is -0.396 e. The normalized spacial score (nSPS) is 29.0. The van der Waals surface area contributed by atoms with Gasteiger partial charge in [-0.05, 0) is 49.1 Å². The quantitative estimate of drug-likeness (QED) is 0.638. The van der Waals surface area contributed by atoms with Crippen LogP contribution in [0, 0.1) is 23.7 Å². The molecular formula is C25H38N2O2. The Morgan fingerprint density at radius 1 is 1.14 bits per heavy atom. The number of rotatable bonds is 8. The molecular weight excluding hydrogens is 360 g/mol. The van der Waals surface area contributed by atoms with Crippen LogP contribution in [0.5, 0.6) is 0 Å². The van der Waals surface area contributed by atoms with Gasteiger partial charge in [0.05, 0.1) is 12.6 Å². The van der Waals surface area contributed by atoms with Crippen molar-refractivity contribution in [2.45, 2.75) is 70.8 Å². The SMILES string of the molecule is CC1CCC(CC[C@H]2CCNC(C(=O)N=CC(CO)Cc3ccccc3)C2)CC1. The lowest BCUT2D eigenvalue weighted by molar-refractivity contribution is -0.120. The minimum atomic E-state index is -0.160. The van der Waals surface area contributed by atoms with Crippen LogP contribution in [-0.2, 0) is 11.2 Å². The first-order valence-corrected chi connectivity index (χ1v) is 11.6. The monoisotopic (exact) mass is 398 g/mol. The Hall–Kier alpha value is -1.52. The first kappa shape index (κ1) is 22.2. The summed E-state index contributed by atoms with van der Waals surface area (Å²) in [5.41, 5.74) is 1.15. The van der Waals surface area contributed by atoms with E-state index in [1.165, 1.54) is 44.9 Å². The van der Waals surface area contributed by atoms with Gasteiger partial charge in [0.1, 0.15) is 0 Å². The summed E-state index contributed by atoms with van der Waals surface area (Å²) in [6.07, 6.45) is 12.6. The highest BCUT2D eigenvalue weighted by Crippen LogP contribution is 2.33. The molecule has 0 aromatic heterocycles. The number of piperidine rings is 1. The van der Waals surface area contributed by atoms with Crippen LogP contribution in [0.25, 0.3) is 0 Å². The molecule has 0 spiro atoms. The van der Waals surface area contributed by atoms with Crippen molar-refractivity contribution in [3.63, 3.8) is 0 Å². The van der Waals surface area contributed by atoms with Crippen molar-refractivity contribution in [1.29, 1.82) is 0 Å². The van der Waals surface area contributed by atoms with E-state index in [1.807, 2.05) is 30.3 Å². The molecule has 1 aromatic carbocycles. The molecule has 4 nitrogen and oxygen atoms in total. The third kappa shape index (κ3) is 7.35. The van der Waals surface area contributed by atoms with Gasteiger partial charge in [0.15, 0.2) is 0 Å². The molecule has 1 amide bonds. The zero-order valence-corrected chi connectivity index (χ0v) is 17.9. The second-order valence-corrected chi connectivity index (χ2v) is 9.35. The van der Waals surface area contributed by atoms with Crippen LogP contribution >= 0.6 is 0 Å². The topological polar surface area (TPSA) is 61.7 Å². The number of nitrogens with zero attached hydrogens (tertiary/aromatic N) is 1. The first-order valence-electron chi connectivity index (χ1n) is 11.6. The Balaban J connectivity index is 1.44. The van der Waals surface area contributed by atoms with Gasteiger partial charge in [-0.2, -0.15) is 0 Å². The van der Waals surface area contributed by atoms with Crippen molar-refractivity contribution < 1.29 is 9.90 Å². The molecule has 1 aromatic rings. The van der Waals surface area contributed by atoms with Gasteiger partial charge >= 0.3 is 0 Å². The second kappa shape index (κ2) is 11.6. The summed E-state index contributed by atoms with van der Waals surface area (Å²) in [6.45, 7) is 3.29. The number of hydrogen-bond donors (Lipinski definition) is 2. The van der Waals surface area contributed by atoms with Crippen LogP contribution in [0.15, 0.2) is 35.3 Å². The highest BCUT2D eigenvalue weighted by molar-refractivity contribution is 5.89. The van der Waals surface area contributed by atoms with Crippen molar-refractivity contribution in [3.8, 4) is 0 Å². The van der Waals surface area contributed by atoms with Crippen LogP contribution in [0.3, 0.4) is 0 Å². The lowest BCUT2D eigenvalue weighted by atomic mass is 9.78. The lowest BCUT2D eigenvalue weighted by Gasteiger charge is -2.31. The van der Waals surface area contributed by atoms with Crippen LogP contribution in [0.1, 0.15) is 63.9 Å². The minimum absolute atomic E-state index is 0.00635. The Labute approximate surface area is 176 Å². The third-order valence-electron chi connectivity index (χ3n) is 6.92. The summed E-state index contributed by atoms with van der Waals surface area (Å²) in [5, 5.41) is 13.0. The summed E-state index contributed by atoms with van der Waals surface area (Å²) >= 11 is 0. The fourth-order valence-corrected chi connectivity index (χ4v) is 4.89. The van der Waals surface area contributed by atoms with E-state index in [0.29, 0.717) is 12.3 Å². The second-order valence-electron chi connectivity index (χ2n) is 9.35. The van der Waals surface area contributed by atoms with Crippen molar-refractivity contribution in [2.75, 3.05) is 13.2 Å². The smallest absolute Gasteiger partial charge is 0.262 e. The fourth-order valence-electron chi connectivity index (χ4n) is 4.89. The molecule has 2 N–H and O–H groups in total. The maximum absolute atomic E-state index is 12.6. The van der Waals surface area contributed by atoms with Crippen molar-refractivity contribution in [2.24, 2.45) is 28.7 Å². The van der Waals surface area contributed by atoms with E-state index in [-0.39, 0.29) is 24.5 Å². The third-order valence-corrected chi connectivity index (χ3v) is 6.92. The zero-order valence-electron chi connectivity index (χ0n) is 17.9. The lowest BCUT2D eigenvalue weighted by Crippen LogP contribution is -2.43. The molecule has 0 radical (unpaired) electrons. The molecule has 1 saturated heterocycles. The first-order chi connectivity index (χ1) is 14.1. The molecule has 1 aliphatic carbocycles. The van der Waals surface area contributed by atoms with Gasteiger partial charge < -0.3 is 10.4 Å². The molecule has 3 atom stereocenters. The number of nitrogens with one attached hydrogen (secondary N) is 1. The molecule has 2 aliphatic rings.